The highest BCUT2D eigenvalue weighted by Gasteiger charge is 2.22. The zero-order chi connectivity index (χ0) is 11.8. The lowest BCUT2D eigenvalue weighted by atomic mass is 10.3. The minimum absolute atomic E-state index is 0.257. The number of hydrogen-bond acceptors (Lipinski definition) is 5. The van der Waals surface area contributed by atoms with Crippen molar-refractivity contribution < 1.29 is 8.42 Å². The maximum atomic E-state index is 11.2. The molecule has 1 N–H and O–H groups in total. The van der Waals surface area contributed by atoms with Gasteiger partial charge in [-0.05, 0) is 6.92 Å². The van der Waals surface area contributed by atoms with Crippen molar-refractivity contribution in [3.8, 4) is 11.4 Å². The van der Waals surface area contributed by atoms with Gasteiger partial charge in [0.1, 0.15) is 0 Å². The molecule has 0 saturated carbocycles. The smallest absolute Gasteiger partial charge is 0.296 e. The van der Waals surface area contributed by atoms with Crippen molar-refractivity contribution in [2.75, 3.05) is 0 Å². The van der Waals surface area contributed by atoms with Crippen LogP contribution >= 0.6 is 10.7 Å². The Balaban J connectivity index is 2.63. The standard InChI is InChI=1S/C7H8ClN5O2S/c1-2-13-6(5-3-9-10-4-5)11-12-7(13)16(8,14)15/h3-4H,2H2,1H3,(H,9,10). The molecule has 2 aromatic rings. The molecule has 0 aromatic carbocycles. The summed E-state index contributed by atoms with van der Waals surface area (Å²) in [5.74, 6) is 0.412. The Morgan fingerprint density at radius 1 is 1.50 bits per heavy atom. The van der Waals surface area contributed by atoms with Crippen LogP contribution in [0.4, 0.5) is 0 Å². The summed E-state index contributed by atoms with van der Waals surface area (Å²) >= 11 is 0. The Morgan fingerprint density at radius 2 is 2.25 bits per heavy atom. The number of nitrogens with zero attached hydrogens (tertiary/aromatic N) is 4. The first-order chi connectivity index (χ1) is 7.54. The van der Waals surface area contributed by atoms with Gasteiger partial charge in [-0.2, -0.15) is 5.10 Å². The van der Waals surface area contributed by atoms with Gasteiger partial charge < -0.3 is 0 Å². The van der Waals surface area contributed by atoms with Gasteiger partial charge in [-0.3, -0.25) is 9.67 Å². The van der Waals surface area contributed by atoms with Crippen molar-refractivity contribution >= 4 is 19.7 Å². The number of rotatable bonds is 3. The average Bonchev–Trinajstić information content (AvgIpc) is 2.84. The van der Waals surface area contributed by atoms with Gasteiger partial charge in [0.15, 0.2) is 5.82 Å². The molecule has 0 amide bonds. The molecule has 0 aliphatic carbocycles. The largest absolute Gasteiger partial charge is 0.297 e. The predicted molar refractivity (Wildman–Crippen MR) is 56.3 cm³/mol. The number of nitrogens with one attached hydrogen (secondary N) is 1. The van der Waals surface area contributed by atoms with E-state index in [1.165, 1.54) is 10.8 Å². The molecular formula is C7H8ClN5O2S. The third-order valence-electron chi connectivity index (χ3n) is 2.01. The van der Waals surface area contributed by atoms with Crippen LogP contribution in [-0.2, 0) is 15.6 Å². The third kappa shape index (κ3) is 1.81. The maximum Gasteiger partial charge on any atom is 0.296 e. The van der Waals surface area contributed by atoms with E-state index < -0.39 is 9.05 Å². The van der Waals surface area contributed by atoms with E-state index in [0.717, 1.165) is 0 Å². The second-order valence-corrected chi connectivity index (χ2v) is 5.43. The van der Waals surface area contributed by atoms with Crippen LogP contribution in [0.1, 0.15) is 6.92 Å². The molecule has 0 unspecified atom stereocenters. The molecule has 0 aliphatic heterocycles. The Bertz CT molecular complexity index is 588. The molecule has 0 radical (unpaired) electrons. The van der Waals surface area contributed by atoms with Gasteiger partial charge in [0.25, 0.3) is 14.2 Å². The second-order valence-electron chi connectivity index (χ2n) is 2.98. The van der Waals surface area contributed by atoms with E-state index >= 15 is 0 Å². The van der Waals surface area contributed by atoms with Crippen molar-refractivity contribution in [3.05, 3.63) is 12.4 Å². The monoisotopic (exact) mass is 261 g/mol. The normalized spacial score (nSPS) is 11.9. The summed E-state index contributed by atoms with van der Waals surface area (Å²) < 4.78 is 23.8. The SMILES string of the molecule is CCn1c(-c2cn[nH]c2)nnc1S(=O)(=O)Cl. The van der Waals surface area contributed by atoms with Gasteiger partial charge >= 0.3 is 0 Å². The molecule has 16 heavy (non-hydrogen) atoms. The van der Waals surface area contributed by atoms with E-state index in [1.54, 1.807) is 13.1 Å². The predicted octanol–water partition coefficient (Wildman–Crippen LogP) is 0.616. The molecule has 2 rings (SSSR count). The minimum Gasteiger partial charge on any atom is -0.297 e. The van der Waals surface area contributed by atoms with Gasteiger partial charge in [0.2, 0.25) is 0 Å². The third-order valence-corrected chi connectivity index (χ3v) is 3.16. The first kappa shape index (κ1) is 11.1. The molecule has 7 nitrogen and oxygen atoms in total. The van der Waals surface area contributed by atoms with Crippen molar-refractivity contribution in [3.63, 3.8) is 0 Å². The number of aromatic nitrogens is 5. The maximum absolute atomic E-state index is 11.2. The molecule has 86 valence electrons. The first-order valence-electron chi connectivity index (χ1n) is 4.41. The van der Waals surface area contributed by atoms with Crippen molar-refractivity contribution in [2.24, 2.45) is 0 Å². The van der Waals surface area contributed by atoms with Crippen LogP contribution in [0, 0.1) is 0 Å². The fourth-order valence-electron chi connectivity index (χ4n) is 1.34. The average molecular weight is 262 g/mol. The molecule has 0 saturated heterocycles. The molecule has 0 bridgehead atoms. The summed E-state index contributed by atoms with van der Waals surface area (Å²) in [5, 5.41) is 13.5. The van der Waals surface area contributed by atoms with Crippen LogP contribution in [0.3, 0.4) is 0 Å². The summed E-state index contributed by atoms with van der Waals surface area (Å²) in [6.07, 6.45) is 3.13. The number of H-pyrrole nitrogens is 1. The Morgan fingerprint density at radius 3 is 2.75 bits per heavy atom. The van der Waals surface area contributed by atoms with Gasteiger partial charge in [0, 0.05) is 23.4 Å². The van der Waals surface area contributed by atoms with E-state index in [9.17, 15) is 8.42 Å². The summed E-state index contributed by atoms with van der Waals surface area (Å²) in [6, 6.07) is 0. The van der Waals surface area contributed by atoms with Gasteiger partial charge in [-0.1, -0.05) is 0 Å². The van der Waals surface area contributed by atoms with Gasteiger partial charge in [-0.15, -0.1) is 10.2 Å². The lowest BCUT2D eigenvalue weighted by Crippen LogP contribution is -2.05. The summed E-state index contributed by atoms with van der Waals surface area (Å²) in [6.45, 7) is 2.17. The van der Waals surface area contributed by atoms with Crippen LogP contribution in [0.5, 0.6) is 0 Å². The van der Waals surface area contributed by atoms with Crippen molar-refractivity contribution in [1.29, 1.82) is 0 Å². The molecule has 9 heteroatoms. The summed E-state index contributed by atoms with van der Waals surface area (Å²) in [4.78, 5) is 0. The van der Waals surface area contributed by atoms with E-state index in [1.807, 2.05) is 0 Å². The van der Waals surface area contributed by atoms with Crippen molar-refractivity contribution in [2.45, 2.75) is 18.6 Å². The molecule has 0 spiro atoms. The quantitative estimate of drug-likeness (QED) is 0.818. The fraction of sp³-hybridized carbons (Fsp3) is 0.286. The lowest BCUT2D eigenvalue weighted by molar-refractivity contribution is 0.583. The minimum atomic E-state index is -3.88. The van der Waals surface area contributed by atoms with Crippen LogP contribution in [-0.4, -0.2) is 33.4 Å². The lowest BCUT2D eigenvalue weighted by Gasteiger charge is -2.02. The zero-order valence-corrected chi connectivity index (χ0v) is 9.83. The van der Waals surface area contributed by atoms with Crippen LogP contribution in [0.15, 0.2) is 17.6 Å². The van der Waals surface area contributed by atoms with E-state index in [4.69, 9.17) is 10.7 Å². The van der Waals surface area contributed by atoms with Crippen LogP contribution in [0.25, 0.3) is 11.4 Å². The topological polar surface area (TPSA) is 93.5 Å². The zero-order valence-electron chi connectivity index (χ0n) is 8.25. The summed E-state index contributed by atoms with van der Waals surface area (Å²) in [5.41, 5.74) is 0.654. The highest BCUT2D eigenvalue weighted by Crippen LogP contribution is 2.20. The molecule has 0 fully saturated rings. The molecule has 0 aliphatic rings. The highest BCUT2D eigenvalue weighted by molar-refractivity contribution is 8.13. The molecule has 2 heterocycles. The van der Waals surface area contributed by atoms with E-state index in [2.05, 4.69) is 20.4 Å². The van der Waals surface area contributed by atoms with Crippen molar-refractivity contribution in [1.82, 2.24) is 25.0 Å². The number of aromatic amines is 1. The molecule has 2 aromatic heterocycles. The van der Waals surface area contributed by atoms with E-state index in [-0.39, 0.29) is 5.16 Å². The van der Waals surface area contributed by atoms with Gasteiger partial charge in [-0.25, -0.2) is 8.42 Å². The highest BCUT2D eigenvalue weighted by atomic mass is 35.7. The van der Waals surface area contributed by atoms with E-state index in [0.29, 0.717) is 17.9 Å². The molecular weight excluding hydrogens is 254 g/mol. The Kier molecular flexibility index (Phi) is 2.68. The number of halogens is 1. The summed E-state index contributed by atoms with van der Waals surface area (Å²) in [7, 11) is 1.36. The van der Waals surface area contributed by atoms with Crippen LogP contribution in [0.2, 0.25) is 0 Å². The van der Waals surface area contributed by atoms with Gasteiger partial charge in [0.05, 0.1) is 11.8 Å². The Hall–Kier alpha value is -1.41. The first-order valence-corrected chi connectivity index (χ1v) is 6.72. The Labute approximate surface area is 95.9 Å². The second kappa shape index (κ2) is 3.87. The number of hydrogen-bond donors (Lipinski definition) is 1. The molecule has 0 atom stereocenters. The van der Waals surface area contributed by atoms with Crippen LogP contribution < -0.4 is 0 Å². The fourth-order valence-corrected chi connectivity index (χ4v) is 2.30.